The molecule has 1 amide bonds. The van der Waals surface area contributed by atoms with E-state index >= 15 is 0 Å². The zero-order valence-electron chi connectivity index (χ0n) is 10.8. The Bertz CT molecular complexity index is 442. The van der Waals surface area contributed by atoms with E-state index in [1.54, 1.807) is 7.11 Å². The lowest BCUT2D eigenvalue weighted by Gasteiger charge is -2.07. The Morgan fingerprint density at radius 2 is 2.33 bits per heavy atom. The quantitative estimate of drug-likeness (QED) is 0.692. The van der Waals surface area contributed by atoms with E-state index in [0.29, 0.717) is 13.2 Å². The monoisotopic (exact) mass is 253 g/mol. The molecule has 0 aromatic carbocycles. The van der Waals surface area contributed by atoms with Gasteiger partial charge < -0.3 is 10.1 Å². The van der Waals surface area contributed by atoms with Gasteiger partial charge in [0.2, 0.25) is 5.91 Å². The molecule has 0 bridgehead atoms. The number of hydrogen-bond donors (Lipinski definition) is 1. The van der Waals surface area contributed by atoms with Crippen LogP contribution < -0.4 is 10.9 Å². The molecule has 100 valence electrons. The van der Waals surface area contributed by atoms with Crippen molar-refractivity contribution in [1.82, 2.24) is 14.9 Å². The van der Waals surface area contributed by atoms with Crippen LogP contribution in [0, 0.1) is 0 Å². The molecule has 1 aromatic heterocycles. The van der Waals surface area contributed by atoms with Gasteiger partial charge in [-0.05, 0) is 6.42 Å². The lowest BCUT2D eigenvalue weighted by molar-refractivity contribution is -0.121. The van der Waals surface area contributed by atoms with Gasteiger partial charge in [0.05, 0.1) is 12.9 Å². The van der Waals surface area contributed by atoms with Crippen LogP contribution in [-0.2, 0) is 22.5 Å². The Morgan fingerprint density at radius 1 is 1.56 bits per heavy atom. The van der Waals surface area contributed by atoms with Gasteiger partial charge in [0.25, 0.3) is 5.56 Å². The molecule has 0 atom stereocenters. The minimum Gasteiger partial charge on any atom is -0.383 e. The molecule has 6 heteroatoms. The second-order valence-corrected chi connectivity index (χ2v) is 3.94. The van der Waals surface area contributed by atoms with Crippen molar-refractivity contribution in [1.29, 1.82) is 0 Å². The molecule has 6 nitrogen and oxygen atoms in total. The summed E-state index contributed by atoms with van der Waals surface area (Å²) in [7, 11) is 1.56. The molecule has 0 aliphatic heterocycles. The highest BCUT2D eigenvalue weighted by atomic mass is 16.5. The van der Waals surface area contributed by atoms with Crippen LogP contribution in [0.5, 0.6) is 0 Å². The second-order valence-electron chi connectivity index (χ2n) is 3.94. The number of ether oxygens (including phenoxy) is 1. The summed E-state index contributed by atoms with van der Waals surface area (Å²) in [5, 5.41) is 2.65. The number of aryl methyl sites for hydroxylation is 1. The summed E-state index contributed by atoms with van der Waals surface area (Å²) in [4.78, 5) is 27.3. The van der Waals surface area contributed by atoms with Gasteiger partial charge >= 0.3 is 0 Å². The van der Waals surface area contributed by atoms with Crippen LogP contribution in [0.3, 0.4) is 0 Å². The van der Waals surface area contributed by atoms with Crippen molar-refractivity contribution in [2.45, 2.75) is 26.3 Å². The number of nitrogens with one attached hydrogen (secondary N) is 1. The summed E-state index contributed by atoms with van der Waals surface area (Å²) >= 11 is 0. The van der Waals surface area contributed by atoms with Crippen LogP contribution in [0.1, 0.15) is 19.0 Å². The molecule has 0 aliphatic carbocycles. The number of hydrogen-bond acceptors (Lipinski definition) is 4. The number of nitrogens with zero attached hydrogens (tertiary/aromatic N) is 2. The third-order valence-corrected chi connectivity index (χ3v) is 2.38. The summed E-state index contributed by atoms with van der Waals surface area (Å²) in [6.07, 6.45) is 3.13. The van der Waals surface area contributed by atoms with Gasteiger partial charge in [-0.15, -0.1) is 0 Å². The molecule has 0 saturated carbocycles. The molecule has 0 spiro atoms. The normalized spacial score (nSPS) is 10.3. The molecule has 1 heterocycles. The molecular formula is C12H19N3O3. The smallest absolute Gasteiger partial charge is 0.253 e. The van der Waals surface area contributed by atoms with Crippen molar-refractivity contribution in [2.24, 2.45) is 0 Å². The molecule has 1 N–H and O–H groups in total. The number of carbonyl (C=O) groups is 1. The molecule has 0 fully saturated rings. The number of rotatable bonds is 7. The Labute approximate surface area is 106 Å². The van der Waals surface area contributed by atoms with Gasteiger partial charge in [-0.1, -0.05) is 13.3 Å². The summed E-state index contributed by atoms with van der Waals surface area (Å²) in [5.41, 5.74) is 0.564. The number of amides is 1. The van der Waals surface area contributed by atoms with Crippen molar-refractivity contribution >= 4 is 5.91 Å². The number of methoxy groups -OCH3 is 1. The third-order valence-electron chi connectivity index (χ3n) is 2.38. The van der Waals surface area contributed by atoms with E-state index < -0.39 is 0 Å². The van der Waals surface area contributed by atoms with Gasteiger partial charge in [-0.2, -0.15) is 0 Å². The zero-order valence-corrected chi connectivity index (χ0v) is 10.8. The number of carbonyl (C=O) groups excluding carboxylic acids is 1. The Kier molecular flexibility index (Phi) is 6.07. The fourth-order valence-electron chi connectivity index (χ4n) is 1.48. The molecule has 0 saturated heterocycles. The van der Waals surface area contributed by atoms with Gasteiger partial charge in [0.1, 0.15) is 6.54 Å². The molecule has 0 radical (unpaired) electrons. The molecule has 18 heavy (non-hydrogen) atoms. The Hall–Kier alpha value is -1.69. The maximum Gasteiger partial charge on any atom is 0.253 e. The highest BCUT2D eigenvalue weighted by Crippen LogP contribution is 1.94. The molecule has 1 aromatic rings. The standard InChI is InChI=1S/C12H19N3O3/c1-3-4-10-7-12(17)15(9-14-10)8-11(16)13-5-6-18-2/h7,9H,3-6,8H2,1-2H3,(H,13,16). The molecule has 1 rings (SSSR count). The van der Waals surface area contributed by atoms with E-state index in [0.717, 1.165) is 18.5 Å². The first-order valence-electron chi connectivity index (χ1n) is 5.98. The van der Waals surface area contributed by atoms with Crippen molar-refractivity contribution in [3.05, 3.63) is 28.4 Å². The number of aromatic nitrogens is 2. The fraction of sp³-hybridized carbons (Fsp3) is 0.583. The van der Waals surface area contributed by atoms with Crippen molar-refractivity contribution in [3.63, 3.8) is 0 Å². The molecule has 0 aliphatic rings. The van der Waals surface area contributed by atoms with E-state index in [4.69, 9.17) is 4.74 Å². The summed E-state index contributed by atoms with van der Waals surface area (Å²) in [5.74, 6) is -0.223. The predicted octanol–water partition coefficient (Wildman–Crippen LogP) is -0.0416. The third kappa shape index (κ3) is 4.67. The lowest BCUT2D eigenvalue weighted by atomic mass is 10.2. The first kappa shape index (κ1) is 14.4. The van der Waals surface area contributed by atoms with Crippen LogP contribution >= 0.6 is 0 Å². The predicted molar refractivity (Wildman–Crippen MR) is 67.4 cm³/mol. The van der Waals surface area contributed by atoms with Crippen LogP contribution in [0.2, 0.25) is 0 Å². The maximum absolute atomic E-state index is 11.7. The van der Waals surface area contributed by atoms with E-state index in [1.165, 1.54) is 17.0 Å². The Balaban J connectivity index is 2.57. The van der Waals surface area contributed by atoms with Crippen LogP contribution in [-0.4, -0.2) is 35.7 Å². The first-order valence-corrected chi connectivity index (χ1v) is 5.98. The van der Waals surface area contributed by atoms with Crippen molar-refractivity contribution in [2.75, 3.05) is 20.3 Å². The highest BCUT2D eigenvalue weighted by Gasteiger charge is 2.05. The first-order chi connectivity index (χ1) is 8.67. The minimum absolute atomic E-state index is 0.0120. The average molecular weight is 253 g/mol. The van der Waals surface area contributed by atoms with Crippen LogP contribution in [0.25, 0.3) is 0 Å². The van der Waals surface area contributed by atoms with Crippen molar-refractivity contribution in [3.8, 4) is 0 Å². The fourth-order valence-corrected chi connectivity index (χ4v) is 1.48. The van der Waals surface area contributed by atoms with E-state index in [1.807, 2.05) is 6.92 Å². The average Bonchev–Trinajstić information content (AvgIpc) is 2.33. The summed E-state index contributed by atoms with van der Waals surface area (Å²) in [6.45, 7) is 2.90. The zero-order chi connectivity index (χ0) is 13.4. The van der Waals surface area contributed by atoms with Crippen LogP contribution in [0.4, 0.5) is 0 Å². The molecular weight excluding hydrogens is 234 g/mol. The molecule has 0 unspecified atom stereocenters. The lowest BCUT2D eigenvalue weighted by Crippen LogP contribution is -2.34. The SMILES string of the molecule is CCCc1cc(=O)n(CC(=O)NCCOC)cn1. The maximum atomic E-state index is 11.7. The summed E-state index contributed by atoms with van der Waals surface area (Å²) in [6, 6.07) is 1.48. The van der Waals surface area contributed by atoms with Gasteiger partial charge in [0.15, 0.2) is 0 Å². The highest BCUT2D eigenvalue weighted by molar-refractivity contribution is 5.75. The minimum atomic E-state index is -0.223. The largest absolute Gasteiger partial charge is 0.383 e. The van der Waals surface area contributed by atoms with E-state index in [-0.39, 0.29) is 18.0 Å². The van der Waals surface area contributed by atoms with Crippen LogP contribution in [0.15, 0.2) is 17.2 Å². The summed E-state index contributed by atoms with van der Waals surface area (Å²) < 4.78 is 6.11. The van der Waals surface area contributed by atoms with Gasteiger partial charge in [-0.25, -0.2) is 4.98 Å². The van der Waals surface area contributed by atoms with Gasteiger partial charge in [-0.3, -0.25) is 14.2 Å². The topological polar surface area (TPSA) is 73.2 Å². The van der Waals surface area contributed by atoms with E-state index in [9.17, 15) is 9.59 Å². The van der Waals surface area contributed by atoms with Crippen molar-refractivity contribution < 1.29 is 9.53 Å². The van der Waals surface area contributed by atoms with E-state index in [2.05, 4.69) is 10.3 Å². The second kappa shape index (κ2) is 7.60. The Morgan fingerprint density at radius 3 is 2.94 bits per heavy atom. The van der Waals surface area contributed by atoms with Gasteiger partial charge in [0, 0.05) is 25.4 Å².